The summed E-state index contributed by atoms with van der Waals surface area (Å²) in [7, 11) is 3.51. The van der Waals surface area contributed by atoms with Gasteiger partial charge in [-0.05, 0) is 18.1 Å². The van der Waals surface area contributed by atoms with Crippen molar-refractivity contribution in [2.75, 3.05) is 26.8 Å². The molecule has 31 heavy (non-hydrogen) atoms. The maximum Gasteiger partial charge on any atom is 0.222 e. The molecular weight excluding hydrogens is 390 g/mol. The molecule has 6 heteroatoms. The van der Waals surface area contributed by atoms with Crippen LogP contribution in [0.25, 0.3) is 11.3 Å². The number of rotatable bonds is 11. The van der Waals surface area contributed by atoms with E-state index in [9.17, 15) is 5.11 Å². The van der Waals surface area contributed by atoms with Crippen molar-refractivity contribution in [2.24, 2.45) is 13.0 Å². The first-order chi connectivity index (χ1) is 15.0. The minimum Gasteiger partial charge on any atom is -0.439 e. The molecule has 1 aromatic heterocycles. The lowest BCUT2D eigenvalue weighted by molar-refractivity contribution is 0.0330. The number of benzene rings is 2. The molecule has 3 rings (SSSR count). The second-order valence-electron chi connectivity index (χ2n) is 8.23. The van der Waals surface area contributed by atoms with Crippen LogP contribution in [-0.2, 0) is 18.3 Å². The van der Waals surface area contributed by atoms with Crippen molar-refractivity contribution in [2.45, 2.75) is 26.5 Å². The Morgan fingerprint density at radius 3 is 2.26 bits per heavy atom. The molecule has 1 N–H and O–H groups in total. The molecule has 166 valence electrons. The number of aliphatic hydroxyl groups excluding tert-OH is 1. The molecule has 0 fully saturated rings. The highest BCUT2D eigenvalue weighted by atomic mass is 16.5. The number of aliphatic hydroxyl groups is 1. The zero-order chi connectivity index (χ0) is 22.2. The predicted octanol–water partition coefficient (Wildman–Crippen LogP) is 4.34. The van der Waals surface area contributed by atoms with Crippen LogP contribution in [0.3, 0.4) is 0 Å². The summed E-state index contributed by atoms with van der Waals surface area (Å²) in [6.45, 7) is 6.63. The summed E-state index contributed by atoms with van der Waals surface area (Å²) in [5.41, 5.74) is 2.93. The summed E-state index contributed by atoms with van der Waals surface area (Å²) in [6.07, 6.45) is -0.556. The van der Waals surface area contributed by atoms with Crippen LogP contribution in [0.4, 0.5) is 0 Å². The molecule has 0 saturated carbocycles. The molecule has 0 aliphatic carbocycles. The van der Waals surface area contributed by atoms with E-state index in [1.165, 1.54) is 0 Å². The van der Waals surface area contributed by atoms with Crippen molar-refractivity contribution >= 4 is 0 Å². The van der Waals surface area contributed by atoms with Crippen molar-refractivity contribution in [1.82, 2.24) is 14.7 Å². The lowest BCUT2D eigenvalue weighted by atomic mass is 10.1. The highest BCUT2D eigenvalue weighted by Crippen LogP contribution is 2.34. The van der Waals surface area contributed by atoms with Gasteiger partial charge < -0.3 is 14.6 Å². The highest BCUT2D eigenvalue weighted by molar-refractivity contribution is 5.65. The predicted molar refractivity (Wildman–Crippen MR) is 123 cm³/mol. The van der Waals surface area contributed by atoms with Crippen LogP contribution in [0.2, 0.25) is 0 Å². The van der Waals surface area contributed by atoms with Crippen LogP contribution < -0.4 is 4.74 Å². The maximum absolute atomic E-state index is 10.4. The third-order valence-electron chi connectivity index (χ3n) is 4.93. The zero-order valence-electron chi connectivity index (χ0n) is 18.9. The van der Waals surface area contributed by atoms with Crippen LogP contribution >= 0.6 is 0 Å². The zero-order valence-corrected chi connectivity index (χ0v) is 18.9. The minimum atomic E-state index is -0.556. The van der Waals surface area contributed by atoms with Gasteiger partial charge in [0.05, 0.1) is 18.3 Å². The quantitative estimate of drug-likeness (QED) is 0.497. The van der Waals surface area contributed by atoms with Gasteiger partial charge in [-0.25, -0.2) is 4.68 Å². The standard InChI is InChI=1S/C25H33N3O3/c1-19(2)15-28(16-21(29)18-30-4)17-23-24(20-11-7-5-8-12-20)26-27(3)25(23)31-22-13-9-6-10-14-22/h5-14,19,21,29H,15-18H2,1-4H3. The van der Waals surface area contributed by atoms with Gasteiger partial charge in [0.15, 0.2) is 0 Å². The summed E-state index contributed by atoms with van der Waals surface area (Å²) in [4.78, 5) is 2.25. The Hall–Kier alpha value is -2.67. The second-order valence-corrected chi connectivity index (χ2v) is 8.23. The fourth-order valence-corrected chi connectivity index (χ4v) is 3.74. The van der Waals surface area contributed by atoms with E-state index in [4.69, 9.17) is 14.6 Å². The van der Waals surface area contributed by atoms with Crippen molar-refractivity contribution in [3.63, 3.8) is 0 Å². The van der Waals surface area contributed by atoms with Crippen LogP contribution in [0.15, 0.2) is 60.7 Å². The number of methoxy groups -OCH3 is 1. The van der Waals surface area contributed by atoms with Gasteiger partial charge in [0.2, 0.25) is 5.88 Å². The van der Waals surface area contributed by atoms with Gasteiger partial charge in [-0.15, -0.1) is 0 Å². The van der Waals surface area contributed by atoms with Crippen molar-refractivity contribution < 1.29 is 14.6 Å². The summed E-state index contributed by atoms with van der Waals surface area (Å²) >= 11 is 0. The van der Waals surface area contributed by atoms with Crippen molar-refractivity contribution in [3.8, 4) is 22.9 Å². The Labute approximate surface area is 185 Å². The van der Waals surface area contributed by atoms with Crippen LogP contribution in [0, 0.1) is 5.92 Å². The lowest BCUT2D eigenvalue weighted by Gasteiger charge is -2.27. The van der Waals surface area contributed by atoms with E-state index >= 15 is 0 Å². The fraction of sp³-hybridized carbons (Fsp3) is 0.400. The number of ether oxygens (including phenoxy) is 2. The molecular formula is C25H33N3O3. The van der Waals surface area contributed by atoms with E-state index in [2.05, 4.69) is 30.9 Å². The molecule has 1 unspecified atom stereocenters. The molecule has 1 atom stereocenters. The number of aromatic nitrogens is 2. The minimum absolute atomic E-state index is 0.306. The van der Waals surface area contributed by atoms with Crippen molar-refractivity contribution in [3.05, 3.63) is 66.2 Å². The van der Waals surface area contributed by atoms with Gasteiger partial charge in [0.25, 0.3) is 0 Å². The Balaban J connectivity index is 1.99. The Morgan fingerprint density at radius 2 is 1.65 bits per heavy atom. The van der Waals surface area contributed by atoms with Gasteiger partial charge in [0.1, 0.15) is 11.4 Å². The first kappa shape index (κ1) is 23.0. The summed E-state index contributed by atoms with van der Waals surface area (Å²) in [6, 6.07) is 19.9. The van der Waals surface area contributed by atoms with E-state index in [1.54, 1.807) is 11.8 Å². The summed E-state index contributed by atoms with van der Waals surface area (Å²) < 4.78 is 13.2. The smallest absolute Gasteiger partial charge is 0.222 e. The molecule has 0 aliphatic rings. The van der Waals surface area contributed by atoms with Gasteiger partial charge >= 0.3 is 0 Å². The molecule has 0 bridgehead atoms. The Morgan fingerprint density at radius 1 is 1.00 bits per heavy atom. The highest BCUT2D eigenvalue weighted by Gasteiger charge is 2.23. The molecule has 0 amide bonds. The average molecular weight is 424 g/mol. The number of aryl methyl sites for hydroxylation is 1. The molecule has 2 aromatic carbocycles. The molecule has 0 spiro atoms. The van der Waals surface area contributed by atoms with E-state index in [-0.39, 0.29) is 0 Å². The molecule has 1 heterocycles. The second kappa shape index (κ2) is 11.1. The molecule has 0 saturated heterocycles. The fourth-order valence-electron chi connectivity index (χ4n) is 3.74. The normalized spacial score (nSPS) is 12.5. The van der Waals surface area contributed by atoms with Crippen molar-refractivity contribution in [1.29, 1.82) is 0 Å². The van der Waals surface area contributed by atoms with Crippen LogP contribution in [-0.4, -0.2) is 52.7 Å². The van der Waals surface area contributed by atoms with E-state index in [0.717, 1.165) is 29.1 Å². The number of hydrogen-bond acceptors (Lipinski definition) is 5. The summed E-state index contributed by atoms with van der Waals surface area (Å²) in [5.74, 6) is 1.92. The van der Waals surface area contributed by atoms with Crippen LogP contribution in [0.5, 0.6) is 11.6 Å². The first-order valence-electron chi connectivity index (χ1n) is 10.7. The molecule has 0 radical (unpaired) electrons. The Kier molecular flexibility index (Phi) is 8.23. The van der Waals surface area contributed by atoms with Gasteiger partial charge in [-0.1, -0.05) is 62.4 Å². The average Bonchev–Trinajstić information content (AvgIpc) is 3.04. The molecule has 6 nitrogen and oxygen atoms in total. The monoisotopic (exact) mass is 423 g/mol. The SMILES string of the molecule is COCC(O)CN(Cc1c(-c2ccccc2)nn(C)c1Oc1ccccc1)CC(C)C. The van der Waals surface area contributed by atoms with E-state index in [1.807, 2.05) is 55.6 Å². The largest absolute Gasteiger partial charge is 0.439 e. The van der Waals surface area contributed by atoms with Crippen LogP contribution in [0.1, 0.15) is 19.4 Å². The molecule has 3 aromatic rings. The number of nitrogens with zero attached hydrogens (tertiary/aromatic N) is 3. The van der Waals surface area contributed by atoms with Gasteiger partial charge in [0, 0.05) is 39.4 Å². The van der Waals surface area contributed by atoms with E-state index in [0.29, 0.717) is 31.5 Å². The van der Waals surface area contributed by atoms with E-state index < -0.39 is 6.10 Å². The first-order valence-corrected chi connectivity index (χ1v) is 10.7. The van der Waals surface area contributed by atoms with Gasteiger partial charge in [-0.2, -0.15) is 5.10 Å². The number of hydrogen-bond donors (Lipinski definition) is 1. The molecule has 0 aliphatic heterocycles. The summed E-state index contributed by atoms with van der Waals surface area (Å²) in [5, 5.41) is 15.2. The lowest BCUT2D eigenvalue weighted by Crippen LogP contribution is -2.36. The van der Waals surface area contributed by atoms with Gasteiger partial charge in [-0.3, -0.25) is 4.90 Å². The third kappa shape index (κ3) is 6.40. The topological polar surface area (TPSA) is 59.8 Å². The number of para-hydroxylation sites is 1. The Bertz CT molecular complexity index is 926. The maximum atomic E-state index is 10.4. The third-order valence-corrected chi connectivity index (χ3v) is 4.93.